The molecule has 0 unspecified atom stereocenters. The Labute approximate surface area is 321 Å². The Morgan fingerprint density at radius 2 is 1.77 bits per heavy atom. The number of ether oxygens (including phenoxy) is 4. The van der Waals surface area contributed by atoms with Crippen molar-refractivity contribution < 1.29 is 60.0 Å². The van der Waals surface area contributed by atoms with E-state index in [0.29, 0.717) is 40.6 Å². The first-order valence-electron chi connectivity index (χ1n) is 17.8. The molecule has 5 atom stereocenters. The first-order chi connectivity index (χ1) is 26.3. The van der Waals surface area contributed by atoms with Crippen LogP contribution in [-0.2, 0) is 29.1 Å². The van der Waals surface area contributed by atoms with Gasteiger partial charge in [-0.25, -0.2) is 13.4 Å². The summed E-state index contributed by atoms with van der Waals surface area (Å²) in [6, 6.07) is 10.6. The van der Waals surface area contributed by atoms with Crippen LogP contribution in [-0.4, -0.2) is 104 Å². The van der Waals surface area contributed by atoms with Gasteiger partial charge in [-0.3, -0.25) is 19.1 Å². The van der Waals surface area contributed by atoms with Crippen LogP contribution in [0.15, 0.2) is 61.2 Å². The average Bonchev–Trinajstić information content (AvgIpc) is 4.07. The van der Waals surface area contributed by atoms with Crippen molar-refractivity contribution in [2.24, 2.45) is 11.3 Å². The van der Waals surface area contributed by atoms with Crippen LogP contribution in [0.2, 0.25) is 0 Å². The van der Waals surface area contributed by atoms with Crippen LogP contribution in [0.1, 0.15) is 39.5 Å². The van der Waals surface area contributed by atoms with Gasteiger partial charge in [0.15, 0.2) is 0 Å². The van der Waals surface area contributed by atoms with Crippen LogP contribution in [0.25, 0.3) is 22.0 Å². The molecule has 56 heavy (non-hydrogen) atoms. The van der Waals surface area contributed by atoms with Gasteiger partial charge in [0.2, 0.25) is 21.8 Å². The van der Waals surface area contributed by atoms with E-state index >= 15 is 0 Å². The van der Waals surface area contributed by atoms with E-state index in [2.05, 4.69) is 26.3 Å². The van der Waals surface area contributed by atoms with Gasteiger partial charge in [0.25, 0.3) is 11.8 Å². The minimum absolute atomic E-state index is 0.000221. The molecule has 302 valence electrons. The van der Waals surface area contributed by atoms with Gasteiger partial charge in [-0.15, -0.1) is 19.8 Å². The van der Waals surface area contributed by atoms with Crippen LogP contribution in [0, 0.1) is 11.3 Å². The molecule has 3 fully saturated rings. The smallest absolute Gasteiger partial charge is 0.497 e. The van der Waals surface area contributed by atoms with Gasteiger partial charge in [-0.05, 0) is 73.2 Å². The van der Waals surface area contributed by atoms with Crippen LogP contribution >= 0.6 is 0 Å². The monoisotopic (exact) mass is 804 g/mol. The lowest BCUT2D eigenvalue weighted by Gasteiger charge is -2.34. The lowest BCUT2D eigenvalue weighted by molar-refractivity contribution is -0.274. The Balaban J connectivity index is 1.32. The molecule has 1 aromatic heterocycles. The maximum absolute atomic E-state index is 14.2. The number of pyridine rings is 1. The van der Waals surface area contributed by atoms with E-state index in [0.717, 1.165) is 17.0 Å². The largest absolute Gasteiger partial charge is 0.573 e. The van der Waals surface area contributed by atoms with Crippen molar-refractivity contribution in [3.8, 4) is 28.6 Å². The first kappa shape index (κ1) is 40.7. The number of aliphatic hydroxyl groups excluding tert-OH is 1. The Bertz CT molecular complexity index is 2130. The standard InChI is InChI=1S/C38H43F3N4O10S/c1-6-23-18-37(23,35(49)44-56(50,51)27-12-13-27)43-32(47)30-17-26(19-45(30)34(48)31(46)36(2,3)20-52-4)54-33-28-14-11-25(53-5)15-22(28)16-29(42-33)21-7-9-24(10-8-21)55-38(39,40)41/h6-11,14-16,23,26-27,30-31,46H,1,12-13,17-20H2,2-5H3,(H,43,47)(H,44,49)/t23-,26-,30+,31-,37-/m1/s1. The molecule has 1 saturated heterocycles. The second-order valence-electron chi connectivity index (χ2n) is 15.0. The van der Waals surface area contributed by atoms with Gasteiger partial charge in [-0.2, -0.15) is 0 Å². The maximum atomic E-state index is 14.2. The van der Waals surface area contributed by atoms with E-state index in [4.69, 9.17) is 14.2 Å². The highest BCUT2D eigenvalue weighted by atomic mass is 32.2. The SMILES string of the molecule is C=C[C@@H]1C[C@]1(NC(=O)[C@@H]1C[C@@H](Oc2nc(-c3ccc(OC(F)(F)F)cc3)cc3cc(OC)ccc23)CN1C(=O)[C@@H](O)C(C)(C)COC)C(=O)NS(=O)(=O)C1CC1. The van der Waals surface area contributed by atoms with Crippen molar-refractivity contribution in [2.75, 3.05) is 27.4 Å². The topological polar surface area (TPSA) is 183 Å². The number of aliphatic hydroxyl groups is 1. The molecule has 0 radical (unpaired) electrons. The van der Waals surface area contributed by atoms with E-state index in [9.17, 15) is 41.1 Å². The number of fused-ring (bicyclic) bond motifs is 1. The summed E-state index contributed by atoms with van der Waals surface area (Å²) in [7, 11) is -1.05. The summed E-state index contributed by atoms with van der Waals surface area (Å²) in [5, 5.41) is 14.4. The molecule has 3 aromatic rings. The summed E-state index contributed by atoms with van der Waals surface area (Å²) < 4.78 is 86.9. The molecular weight excluding hydrogens is 761 g/mol. The second-order valence-corrected chi connectivity index (χ2v) is 16.9. The van der Waals surface area contributed by atoms with E-state index in [1.165, 1.54) is 32.4 Å². The van der Waals surface area contributed by atoms with Gasteiger partial charge in [-0.1, -0.05) is 19.9 Å². The third-order valence-electron chi connectivity index (χ3n) is 10.3. The number of rotatable bonds is 15. The number of hydrogen-bond acceptors (Lipinski definition) is 11. The Morgan fingerprint density at radius 3 is 2.36 bits per heavy atom. The fraction of sp³-hybridized carbons (Fsp3) is 0.474. The zero-order valence-corrected chi connectivity index (χ0v) is 31.9. The van der Waals surface area contributed by atoms with Crippen LogP contribution in [0.4, 0.5) is 13.2 Å². The molecule has 2 heterocycles. The normalized spacial score (nSPS) is 22.9. The van der Waals surface area contributed by atoms with E-state index in [1.54, 1.807) is 38.1 Å². The van der Waals surface area contributed by atoms with Gasteiger partial charge < -0.3 is 34.3 Å². The summed E-state index contributed by atoms with van der Waals surface area (Å²) in [4.78, 5) is 47.5. The average molecular weight is 805 g/mol. The highest BCUT2D eigenvalue weighted by Gasteiger charge is 2.62. The van der Waals surface area contributed by atoms with Crippen LogP contribution in [0.3, 0.4) is 0 Å². The highest BCUT2D eigenvalue weighted by molar-refractivity contribution is 7.91. The zero-order valence-electron chi connectivity index (χ0n) is 31.1. The summed E-state index contributed by atoms with van der Waals surface area (Å²) >= 11 is 0. The van der Waals surface area contributed by atoms with E-state index in [1.807, 2.05) is 0 Å². The van der Waals surface area contributed by atoms with Gasteiger partial charge in [0, 0.05) is 35.8 Å². The molecule has 0 spiro atoms. The molecular formula is C38H43F3N4O10S. The van der Waals surface area contributed by atoms with Gasteiger partial charge in [0.05, 0.1) is 31.2 Å². The third-order valence-corrected chi connectivity index (χ3v) is 12.1. The van der Waals surface area contributed by atoms with Crippen molar-refractivity contribution in [3.05, 3.63) is 61.2 Å². The number of alkyl halides is 3. The number of aromatic nitrogens is 1. The summed E-state index contributed by atoms with van der Waals surface area (Å²) in [6.07, 6.45) is -5.18. The first-order valence-corrected chi connectivity index (χ1v) is 19.3. The summed E-state index contributed by atoms with van der Waals surface area (Å²) in [6.45, 7) is 6.76. The Kier molecular flexibility index (Phi) is 11.0. The Hall–Kier alpha value is -4.94. The molecule has 1 aliphatic heterocycles. The molecule has 2 aliphatic carbocycles. The number of carbonyl (C=O) groups excluding carboxylic acids is 3. The van der Waals surface area contributed by atoms with Crippen molar-refractivity contribution in [3.63, 3.8) is 0 Å². The molecule has 14 nitrogen and oxygen atoms in total. The minimum Gasteiger partial charge on any atom is -0.497 e. The van der Waals surface area contributed by atoms with Crippen molar-refractivity contribution in [2.45, 2.75) is 74.9 Å². The van der Waals surface area contributed by atoms with Crippen LogP contribution < -0.4 is 24.2 Å². The highest BCUT2D eigenvalue weighted by Crippen LogP contribution is 2.46. The quantitative estimate of drug-likeness (QED) is 0.190. The zero-order chi connectivity index (χ0) is 40.8. The number of methoxy groups -OCH3 is 2. The predicted molar refractivity (Wildman–Crippen MR) is 196 cm³/mol. The summed E-state index contributed by atoms with van der Waals surface area (Å²) in [5.74, 6) is -2.93. The number of benzene rings is 2. The molecule has 3 aliphatic rings. The van der Waals surface area contributed by atoms with Crippen molar-refractivity contribution in [1.82, 2.24) is 19.9 Å². The van der Waals surface area contributed by atoms with E-state index in [-0.39, 0.29) is 31.9 Å². The van der Waals surface area contributed by atoms with Crippen molar-refractivity contribution in [1.29, 1.82) is 0 Å². The number of halogens is 3. The maximum Gasteiger partial charge on any atom is 0.573 e. The molecule has 0 bridgehead atoms. The minimum atomic E-state index is -4.88. The second kappa shape index (κ2) is 15.2. The number of carbonyl (C=O) groups is 3. The molecule has 2 aromatic carbocycles. The number of sulfonamides is 1. The van der Waals surface area contributed by atoms with Gasteiger partial charge in [0.1, 0.15) is 35.3 Å². The fourth-order valence-electron chi connectivity index (χ4n) is 6.89. The number of nitrogens with one attached hydrogen (secondary N) is 2. The lowest BCUT2D eigenvalue weighted by atomic mass is 9.86. The third kappa shape index (κ3) is 8.56. The predicted octanol–water partition coefficient (Wildman–Crippen LogP) is 3.86. The molecule has 3 N–H and O–H groups in total. The molecule has 6 rings (SSSR count). The van der Waals surface area contributed by atoms with E-state index < -0.39 is 80.2 Å². The molecule has 18 heteroatoms. The number of amides is 3. The van der Waals surface area contributed by atoms with Crippen molar-refractivity contribution >= 4 is 38.5 Å². The Morgan fingerprint density at radius 1 is 1.09 bits per heavy atom. The van der Waals surface area contributed by atoms with Gasteiger partial charge >= 0.3 is 6.36 Å². The number of nitrogens with zero attached hydrogens (tertiary/aromatic N) is 2. The fourth-order valence-corrected chi connectivity index (χ4v) is 8.25. The lowest BCUT2D eigenvalue weighted by Crippen LogP contribution is -2.58. The summed E-state index contributed by atoms with van der Waals surface area (Å²) in [5.41, 5.74) is -1.98. The molecule has 2 saturated carbocycles. The number of hydrogen-bond donors (Lipinski definition) is 3. The van der Waals surface area contributed by atoms with Crippen LogP contribution in [0.5, 0.6) is 17.4 Å². The number of likely N-dealkylation sites (tertiary alicyclic amines) is 1. The molecule has 3 amide bonds.